The molecule has 0 spiro atoms. The van der Waals surface area contributed by atoms with Crippen LogP contribution in [0, 0.1) is 23.7 Å². The number of hydrogen-bond donors (Lipinski definition) is 4. The normalized spacial score (nSPS) is 12.9. The number of hydroxylamine groups is 2. The summed E-state index contributed by atoms with van der Waals surface area (Å²) in [6.07, 6.45) is -0.381. The number of benzene rings is 1. The van der Waals surface area contributed by atoms with Crippen LogP contribution in [0.1, 0.15) is 81.1 Å². The second-order valence-electron chi connectivity index (χ2n) is 11.3. The lowest BCUT2D eigenvalue weighted by molar-refractivity contribution is -0.148. The first kappa shape index (κ1) is 33.0. The van der Waals surface area contributed by atoms with E-state index in [9.17, 15) is 19.2 Å². The molecule has 1 aromatic rings. The predicted molar refractivity (Wildman–Crippen MR) is 148 cm³/mol. The molecular formula is C28H46N4O6. The molecule has 0 aliphatic carbocycles. The van der Waals surface area contributed by atoms with Crippen molar-refractivity contribution in [3.05, 3.63) is 24.3 Å². The molecule has 0 aliphatic heterocycles. The average Bonchev–Trinajstić information content (AvgIpc) is 2.78. The van der Waals surface area contributed by atoms with Crippen LogP contribution in [0.25, 0.3) is 0 Å². The van der Waals surface area contributed by atoms with Crippen LogP contribution in [0.2, 0.25) is 0 Å². The van der Waals surface area contributed by atoms with Crippen LogP contribution >= 0.6 is 0 Å². The summed E-state index contributed by atoms with van der Waals surface area (Å²) >= 11 is 0. The van der Waals surface area contributed by atoms with E-state index in [0.717, 1.165) is 0 Å². The molecule has 4 amide bonds. The zero-order valence-corrected chi connectivity index (χ0v) is 24.1. The van der Waals surface area contributed by atoms with Crippen molar-refractivity contribution in [3.8, 4) is 0 Å². The van der Waals surface area contributed by atoms with E-state index in [1.54, 1.807) is 24.3 Å². The Morgan fingerprint density at radius 2 is 1.00 bits per heavy atom. The van der Waals surface area contributed by atoms with Gasteiger partial charge in [-0.05, 0) is 54.7 Å². The first-order valence-electron chi connectivity index (χ1n) is 13.4. The number of carbonyl (C=O) groups excluding carboxylic acids is 4. The fourth-order valence-corrected chi connectivity index (χ4v) is 3.49. The summed E-state index contributed by atoms with van der Waals surface area (Å²) in [6, 6.07) is 6.68. The molecule has 0 heterocycles. The molecule has 4 N–H and O–H groups in total. The highest BCUT2D eigenvalue weighted by molar-refractivity contribution is 5.97. The molecule has 0 fully saturated rings. The van der Waals surface area contributed by atoms with Crippen LogP contribution in [0.4, 0.5) is 11.4 Å². The molecule has 0 bridgehead atoms. The van der Waals surface area contributed by atoms with Crippen LogP contribution in [0.5, 0.6) is 0 Å². The third-order valence-electron chi connectivity index (χ3n) is 5.17. The highest BCUT2D eigenvalue weighted by Gasteiger charge is 2.24. The zero-order valence-electron chi connectivity index (χ0n) is 24.1. The lowest BCUT2D eigenvalue weighted by atomic mass is 10.1. The molecule has 214 valence electrons. The van der Waals surface area contributed by atoms with Crippen molar-refractivity contribution >= 4 is 35.0 Å². The van der Waals surface area contributed by atoms with Crippen molar-refractivity contribution < 1.29 is 28.9 Å². The second-order valence-corrected chi connectivity index (χ2v) is 11.3. The van der Waals surface area contributed by atoms with Gasteiger partial charge in [0, 0.05) is 24.2 Å². The number of anilines is 2. The highest BCUT2D eigenvalue weighted by Crippen LogP contribution is 2.19. The number of rotatable bonds is 16. The summed E-state index contributed by atoms with van der Waals surface area (Å²) in [7, 11) is 0. The Labute approximate surface area is 226 Å². The van der Waals surface area contributed by atoms with Crippen molar-refractivity contribution in [2.75, 3.05) is 10.6 Å². The van der Waals surface area contributed by atoms with Crippen LogP contribution in [0.15, 0.2) is 24.3 Å². The van der Waals surface area contributed by atoms with Gasteiger partial charge in [-0.15, -0.1) is 0 Å². The van der Waals surface area contributed by atoms with E-state index in [1.165, 1.54) is 0 Å². The van der Waals surface area contributed by atoms with E-state index in [4.69, 9.17) is 9.68 Å². The third kappa shape index (κ3) is 14.1. The molecular weight excluding hydrogens is 488 g/mol. The summed E-state index contributed by atoms with van der Waals surface area (Å²) in [6.45, 7) is 15.5. The molecule has 2 atom stereocenters. The lowest BCUT2D eigenvalue weighted by Gasteiger charge is -2.20. The first-order valence-corrected chi connectivity index (χ1v) is 13.4. The van der Waals surface area contributed by atoms with Gasteiger partial charge < -0.3 is 10.6 Å². The van der Waals surface area contributed by atoms with Gasteiger partial charge in [0.25, 0.3) is 11.8 Å². The van der Waals surface area contributed by atoms with Gasteiger partial charge in [0.05, 0.1) is 0 Å². The van der Waals surface area contributed by atoms with Gasteiger partial charge >= 0.3 is 0 Å². The summed E-state index contributed by atoms with van der Waals surface area (Å²) in [5, 5.41) is 5.58. The van der Waals surface area contributed by atoms with Crippen LogP contribution in [0.3, 0.4) is 0 Å². The molecule has 10 nitrogen and oxygen atoms in total. The van der Waals surface area contributed by atoms with Crippen molar-refractivity contribution in [1.29, 1.82) is 0 Å². The van der Waals surface area contributed by atoms with E-state index in [1.807, 2.05) is 55.4 Å². The minimum absolute atomic E-state index is 0.150. The van der Waals surface area contributed by atoms with E-state index in [2.05, 4.69) is 21.6 Å². The maximum Gasteiger partial charge on any atom is 0.256 e. The maximum atomic E-state index is 12.9. The molecule has 10 heteroatoms. The molecule has 1 aromatic carbocycles. The molecule has 1 rings (SSSR count). The third-order valence-corrected chi connectivity index (χ3v) is 5.17. The van der Waals surface area contributed by atoms with Gasteiger partial charge in [-0.2, -0.15) is 0 Å². The first-order chi connectivity index (χ1) is 17.8. The Morgan fingerprint density at radius 3 is 1.32 bits per heavy atom. The van der Waals surface area contributed by atoms with E-state index >= 15 is 0 Å². The quantitative estimate of drug-likeness (QED) is 0.229. The van der Waals surface area contributed by atoms with Crippen molar-refractivity contribution in [2.24, 2.45) is 23.7 Å². The van der Waals surface area contributed by atoms with Gasteiger partial charge in [-0.3, -0.25) is 28.9 Å². The number of carbonyl (C=O) groups is 4. The standard InChI is InChI=1S/C28H46N4O6/c1-17(2)12-23(37-31-25(33)14-19(5)6)27(35)29-21-10-9-11-22(16-21)30-28(36)24(13-18(3)4)38-32-26(34)15-20(7)8/h9-11,16-20,23-24H,12-15H2,1-8H3,(H,29,35)(H,30,36)(H,31,33)(H,32,34)/t23-,24?/m1/s1. The SMILES string of the molecule is CC(C)CC(=O)NOC(CC(C)C)C(=O)Nc1cccc(NC(=O)[C@@H](CC(C)C)ONC(=O)CC(C)C)c1. The monoisotopic (exact) mass is 534 g/mol. The van der Waals surface area contributed by atoms with Gasteiger partial charge in [0.15, 0.2) is 12.2 Å². The molecule has 1 unspecified atom stereocenters. The molecule has 0 aliphatic rings. The fraction of sp³-hybridized carbons (Fsp3) is 0.643. The van der Waals surface area contributed by atoms with Gasteiger partial charge in [0.2, 0.25) is 11.8 Å². The molecule has 0 radical (unpaired) electrons. The van der Waals surface area contributed by atoms with Crippen LogP contribution in [-0.4, -0.2) is 35.8 Å². The largest absolute Gasteiger partial charge is 0.324 e. The Kier molecular flexibility index (Phi) is 14.6. The minimum atomic E-state index is -0.886. The van der Waals surface area contributed by atoms with E-state index in [-0.39, 0.29) is 35.5 Å². The highest BCUT2D eigenvalue weighted by atomic mass is 16.7. The van der Waals surface area contributed by atoms with E-state index < -0.39 is 24.0 Å². The Bertz CT molecular complexity index is 847. The van der Waals surface area contributed by atoms with Crippen molar-refractivity contribution in [2.45, 2.75) is 93.3 Å². The topological polar surface area (TPSA) is 135 Å². The van der Waals surface area contributed by atoms with Gasteiger partial charge in [-0.25, -0.2) is 11.0 Å². The van der Waals surface area contributed by atoms with Crippen molar-refractivity contribution in [3.63, 3.8) is 0 Å². The lowest BCUT2D eigenvalue weighted by Crippen LogP contribution is -2.39. The molecule has 38 heavy (non-hydrogen) atoms. The molecule has 0 saturated heterocycles. The van der Waals surface area contributed by atoms with Gasteiger partial charge in [0.1, 0.15) is 0 Å². The molecule has 0 aromatic heterocycles. The van der Waals surface area contributed by atoms with Gasteiger partial charge in [-0.1, -0.05) is 61.5 Å². The average molecular weight is 535 g/mol. The van der Waals surface area contributed by atoms with E-state index in [0.29, 0.717) is 37.1 Å². The maximum absolute atomic E-state index is 12.9. The summed E-state index contributed by atoms with van der Waals surface area (Å²) in [5.41, 5.74) is 5.66. The Balaban J connectivity index is 2.85. The second kappa shape index (κ2) is 16.8. The van der Waals surface area contributed by atoms with Crippen LogP contribution in [-0.2, 0) is 28.9 Å². The number of hydrogen-bond acceptors (Lipinski definition) is 6. The van der Waals surface area contributed by atoms with Crippen molar-refractivity contribution in [1.82, 2.24) is 11.0 Å². The summed E-state index contributed by atoms with van der Waals surface area (Å²) < 4.78 is 0. The van der Waals surface area contributed by atoms with Crippen LogP contribution < -0.4 is 21.6 Å². The summed E-state index contributed by atoms with van der Waals surface area (Å²) in [4.78, 5) is 60.7. The predicted octanol–water partition coefficient (Wildman–Crippen LogP) is 4.58. The zero-order chi connectivity index (χ0) is 28.8. The summed E-state index contributed by atoms with van der Waals surface area (Å²) in [5.74, 6) is -0.780. The Hall–Kier alpha value is -2.98. The Morgan fingerprint density at radius 1 is 0.632 bits per heavy atom. The smallest absolute Gasteiger partial charge is 0.256 e. The number of amides is 4. The minimum Gasteiger partial charge on any atom is -0.324 e. The molecule has 0 saturated carbocycles. The number of nitrogens with one attached hydrogen (secondary N) is 4. The fourth-order valence-electron chi connectivity index (χ4n) is 3.49.